The molecule has 0 bridgehead atoms. The molecule has 0 N–H and O–H groups in total. The molecule has 74 valence electrons. The van der Waals surface area contributed by atoms with Crippen molar-refractivity contribution < 1.29 is 0 Å². The van der Waals surface area contributed by atoms with Crippen molar-refractivity contribution in [3.05, 3.63) is 23.8 Å². The van der Waals surface area contributed by atoms with Crippen LogP contribution in [0.25, 0.3) is 11.0 Å². The van der Waals surface area contributed by atoms with Crippen LogP contribution in [0.4, 0.5) is 0 Å². The van der Waals surface area contributed by atoms with Gasteiger partial charge in [-0.25, -0.2) is 4.68 Å². The highest BCUT2D eigenvalue weighted by atomic mass is 15.4. The molecular formula is C10H14N4. The summed E-state index contributed by atoms with van der Waals surface area (Å²) in [6.45, 7) is 0.937. The molecule has 0 aliphatic heterocycles. The molecule has 0 saturated carbocycles. The van der Waals surface area contributed by atoms with Crippen molar-refractivity contribution in [3.63, 3.8) is 0 Å². The Morgan fingerprint density at radius 2 is 2.14 bits per heavy atom. The fourth-order valence-corrected chi connectivity index (χ4v) is 1.55. The molecule has 0 saturated heterocycles. The summed E-state index contributed by atoms with van der Waals surface area (Å²) in [6, 6.07) is 6.27. The third-order valence-electron chi connectivity index (χ3n) is 2.17. The minimum atomic E-state index is 0.937. The van der Waals surface area contributed by atoms with Crippen molar-refractivity contribution in [1.82, 2.24) is 19.9 Å². The van der Waals surface area contributed by atoms with Crippen molar-refractivity contribution in [3.8, 4) is 0 Å². The number of nitrogens with zero attached hydrogens (tertiary/aromatic N) is 4. The van der Waals surface area contributed by atoms with E-state index < -0.39 is 0 Å². The molecule has 0 amide bonds. The van der Waals surface area contributed by atoms with E-state index in [0.29, 0.717) is 0 Å². The van der Waals surface area contributed by atoms with Gasteiger partial charge in [-0.2, -0.15) is 0 Å². The molecule has 14 heavy (non-hydrogen) atoms. The number of aryl methyl sites for hydroxylation is 1. The highest BCUT2D eigenvalue weighted by Crippen LogP contribution is 2.13. The largest absolute Gasteiger partial charge is 0.305 e. The van der Waals surface area contributed by atoms with Gasteiger partial charge in [-0.1, -0.05) is 11.3 Å². The van der Waals surface area contributed by atoms with E-state index in [1.165, 1.54) is 5.56 Å². The lowest BCUT2D eigenvalue weighted by Gasteiger charge is -2.08. The Hall–Kier alpha value is -1.42. The average Bonchev–Trinajstić information content (AvgIpc) is 2.46. The zero-order chi connectivity index (χ0) is 10.1. The molecule has 0 atom stereocenters. The molecule has 1 aromatic carbocycles. The first-order valence-electron chi connectivity index (χ1n) is 4.60. The molecule has 4 heteroatoms. The zero-order valence-corrected chi connectivity index (χ0v) is 8.73. The van der Waals surface area contributed by atoms with Crippen molar-refractivity contribution in [1.29, 1.82) is 0 Å². The smallest absolute Gasteiger partial charge is 0.113 e. The van der Waals surface area contributed by atoms with E-state index in [1.54, 1.807) is 4.68 Å². The normalized spacial score (nSPS) is 11.4. The average molecular weight is 190 g/mol. The van der Waals surface area contributed by atoms with Crippen molar-refractivity contribution in [2.75, 3.05) is 14.1 Å². The van der Waals surface area contributed by atoms with Crippen LogP contribution in [0.2, 0.25) is 0 Å². The van der Waals surface area contributed by atoms with Crippen LogP contribution in [0.5, 0.6) is 0 Å². The van der Waals surface area contributed by atoms with E-state index >= 15 is 0 Å². The lowest BCUT2D eigenvalue weighted by atomic mass is 10.2. The minimum absolute atomic E-state index is 0.937. The quantitative estimate of drug-likeness (QED) is 0.709. The molecule has 0 aliphatic rings. The van der Waals surface area contributed by atoms with Crippen LogP contribution < -0.4 is 0 Å². The summed E-state index contributed by atoms with van der Waals surface area (Å²) in [7, 11) is 6.02. The number of rotatable bonds is 2. The zero-order valence-electron chi connectivity index (χ0n) is 8.73. The van der Waals surface area contributed by atoms with Crippen molar-refractivity contribution >= 4 is 11.0 Å². The van der Waals surface area contributed by atoms with Gasteiger partial charge in [-0.15, -0.1) is 5.10 Å². The highest BCUT2D eigenvalue weighted by Gasteiger charge is 2.02. The van der Waals surface area contributed by atoms with Crippen LogP contribution >= 0.6 is 0 Å². The first-order valence-corrected chi connectivity index (χ1v) is 4.60. The number of hydrogen-bond donors (Lipinski definition) is 0. The minimum Gasteiger partial charge on any atom is -0.305 e. The maximum absolute atomic E-state index is 4.08. The van der Waals surface area contributed by atoms with Crippen LogP contribution in [0, 0.1) is 0 Å². The van der Waals surface area contributed by atoms with Crippen LogP contribution in [-0.4, -0.2) is 34.0 Å². The molecule has 1 heterocycles. The molecule has 2 rings (SSSR count). The lowest BCUT2D eigenvalue weighted by Crippen LogP contribution is -2.10. The fraction of sp³-hybridized carbons (Fsp3) is 0.400. The van der Waals surface area contributed by atoms with E-state index in [1.807, 2.05) is 7.05 Å². The summed E-state index contributed by atoms with van der Waals surface area (Å²) in [5.41, 5.74) is 3.31. The molecule has 1 aromatic heterocycles. The first-order chi connectivity index (χ1) is 6.66. The Balaban J connectivity index is 2.42. The van der Waals surface area contributed by atoms with Crippen LogP contribution in [0.15, 0.2) is 18.2 Å². The Kier molecular flexibility index (Phi) is 2.21. The third-order valence-corrected chi connectivity index (χ3v) is 2.17. The molecule has 0 radical (unpaired) electrons. The van der Waals surface area contributed by atoms with E-state index in [-0.39, 0.29) is 0 Å². The predicted octanol–water partition coefficient (Wildman–Crippen LogP) is 1.03. The van der Waals surface area contributed by atoms with E-state index in [0.717, 1.165) is 17.6 Å². The summed E-state index contributed by atoms with van der Waals surface area (Å²) < 4.78 is 1.79. The summed E-state index contributed by atoms with van der Waals surface area (Å²) >= 11 is 0. The Labute approximate surface area is 83.1 Å². The molecular weight excluding hydrogens is 176 g/mol. The number of hydrogen-bond acceptors (Lipinski definition) is 3. The maximum atomic E-state index is 4.08. The maximum Gasteiger partial charge on any atom is 0.113 e. The molecule has 4 nitrogen and oxygen atoms in total. The first kappa shape index (κ1) is 9.15. The Morgan fingerprint density at radius 1 is 1.36 bits per heavy atom. The van der Waals surface area contributed by atoms with Crippen molar-refractivity contribution in [2.24, 2.45) is 7.05 Å². The Bertz CT molecular complexity index is 444. The second kappa shape index (κ2) is 3.38. The highest BCUT2D eigenvalue weighted by molar-refractivity contribution is 5.74. The van der Waals surface area contributed by atoms with Gasteiger partial charge in [0.1, 0.15) is 5.52 Å². The lowest BCUT2D eigenvalue weighted by molar-refractivity contribution is 0.402. The Morgan fingerprint density at radius 3 is 2.86 bits per heavy atom. The molecule has 0 unspecified atom stereocenters. The van der Waals surface area contributed by atoms with Gasteiger partial charge >= 0.3 is 0 Å². The van der Waals surface area contributed by atoms with E-state index in [4.69, 9.17) is 0 Å². The third kappa shape index (κ3) is 1.61. The van der Waals surface area contributed by atoms with Gasteiger partial charge < -0.3 is 4.90 Å². The fourth-order valence-electron chi connectivity index (χ4n) is 1.55. The van der Waals surface area contributed by atoms with Gasteiger partial charge in [0.05, 0.1) is 5.52 Å². The SMILES string of the molecule is CN(C)Cc1ccc2c(c1)nnn2C. The monoisotopic (exact) mass is 190 g/mol. The van der Waals surface area contributed by atoms with Gasteiger partial charge in [-0.05, 0) is 31.8 Å². The number of fused-ring (bicyclic) bond motifs is 1. The molecule has 2 aromatic rings. The van der Waals surface area contributed by atoms with Gasteiger partial charge in [0.25, 0.3) is 0 Å². The molecule has 0 fully saturated rings. The van der Waals surface area contributed by atoms with Crippen LogP contribution in [0.3, 0.4) is 0 Å². The molecule has 0 aliphatic carbocycles. The van der Waals surface area contributed by atoms with Gasteiger partial charge in [0.2, 0.25) is 0 Å². The van der Waals surface area contributed by atoms with Crippen molar-refractivity contribution in [2.45, 2.75) is 6.54 Å². The standard InChI is InChI=1S/C10H14N4/c1-13(2)7-8-4-5-10-9(6-8)11-12-14(10)3/h4-6H,7H2,1-3H3. The number of benzene rings is 1. The second-order valence-corrected chi connectivity index (χ2v) is 3.77. The second-order valence-electron chi connectivity index (χ2n) is 3.77. The van der Waals surface area contributed by atoms with Crippen LogP contribution in [-0.2, 0) is 13.6 Å². The molecule has 0 spiro atoms. The number of aromatic nitrogens is 3. The van der Waals surface area contributed by atoms with Gasteiger partial charge in [-0.3, -0.25) is 0 Å². The summed E-state index contributed by atoms with van der Waals surface area (Å²) in [4.78, 5) is 2.14. The summed E-state index contributed by atoms with van der Waals surface area (Å²) in [6.07, 6.45) is 0. The predicted molar refractivity (Wildman–Crippen MR) is 55.9 cm³/mol. The van der Waals surface area contributed by atoms with E-state index in [2.05, 4.69) is 47.5 Å². The van der Waals surface area contributed by atoms with Crippen LogP contribution in [0.1, 0.15) is 5.56 Å². The van der Waals surface area contributed by atoms with E-state index in [9.17, 15) is 0 Å². The van der Waals surface area contributed by atoms with Gasteiger partial charge in [0.15, 0.2) is 0 Å². The summed E-state index contributed by atoms with van der Waals surface area (Å²) in [5, 5.41) is 8.05. The topological polar surface area (TPSA) is 34.0 Å². The summed E-state index contributed by atoms with van der Waals surface area (Å²) in [5.74, 6) is 0. The van der Waals surface area contributed by atoms with Gasteiger partial charge in [0, 0.05) is 13.6 Å².